The summed E-state index contributed by atoms with van der Waals surface area (Å²) >= 11 is 12.3. The highest BCUT2D eigenvalue weighted by atomic mass is 35.5. The Morgan fingerprint density at radius 3 is 2.71 bits per heavy atom. The first-order chi connectivity index (χ1) is 16.5. The van der Waals surface area contributed by atoms with Gasteiger partial charge in [0.1, 0.15) is 5.83 Å². The Balaban J connectivity index is 1.37. The van der Waals surface area contributed by atoms with Gasteiger partial charge in [-0.3, -0.25) is 14.7 Å². The first kappa shape index (κ1) is 26.3. The van der Waals surface area contributed by atoms with Gasteiger partial charge in [0.25, 0.3) is 5.91 Å². The molecule has 0 radical (unpaired) electrons. The van der Waals surface area contributed by atoms with E-state index in [0.29, 0.717) is 23.2 Å². The molecule has 1 aromatic heterocycles. The van der Waals surface area contributed by atoms with Crippen molar-refractivity contribution in [2.75, 3.05) is 26.0 Å². The summed E-state index contributed by atoms with van der Waals surface area (Å²) in [5.41, 5.74) is 2.54. The van der Waals surface area contributed by atoms with E-state index in [2.05, 4.69) is 22.9 Å². The largest absolute Gasteiger partial charge is 0.369 e. The van der Waals surface area contributed by atoms with Gasteiger partial charge in [0.2, 0.25) is 10.0 Å². The molecule has 11 heteroatoms. The number of carbonyl (C=O) groups is 1. The van der Waals surface area contributed by atoms with Crippen LogP contribution in [0.15, 0.2) is 47.0 Å². The molecule has 4 rings (SSSR count). The lowest BCUT2D eigenvalue weighted by Crippen LogP contribution is -2.34. The number of ether oxygens (including phenoxy) is 1. The van der Waals surface area contributed by atoms with Crippen molar-refractivity contribution in [3.05, 3.63) is 62.7 Å². The van der Waals surface area contributed by atoms with Crippen molar-refractivity contribution < 1.29 is 22.3 Å². The van der Waals surface area contributed by atoms with E-state index in [1.165, 1.54) is 6.08 Å². The molecule has 1 fully saturated rings. The van der Waals surface area contributed by atoms with E-state index in [9.17, 15) is 17.6 Å². The Labute approximate surface area is 215 Å². The molecule has 2 atom stereocenters. The molecule has 0 bridgehead atoms. The molecule has 3 aliphatic rings. The zero-order valence-electron chi connectivity index (χ0n) is 19.6. The maximum atomic E-state index is 14.8. The average molecular weight is 544 g/mol. The van der Waals surface area contributed by atoms with E-state index < -0.39 is 27.9 Å². The third kappa shape index (κ3) is 6.71. The van der Waals surface area contributed by atoms with Gasteiger partial charge in [0, 0.05) is 25.7 Å². The van der Waals surface area contributed by atoms with Crippen LogP contribution >= 0.6 is 23.2 Å². The third-order valence-corrected chi connectivity index (χ3v) is 7.56. The maximum Gasteiger partial charge on any atom is 0.267 e. The standard InChI is InChI=1S/C24H28Cl2FN3O4S/c1-14(23-20(26)9-17(25)12-28-23)30-7-5-15(6-8-30)13-34-22-11-21(27)19(10-18(22)16-3-4-16)24(31)29-35(2,32)33/h5,9-10,12,14,16,22H,3-4,6-8,11,13H2,1-2H3,(H,29,31). The van der Waals surface area contributed by atoms with Crippen LogP contribution in [0.4, 0.5) is 4.39 Å². The number of sulfonamides is 1. The zero-order valence-corrected chi connectivity index (χ0v) is 21.9. The molecule has 1 saturated carbocycles. The predicted molar refractivity (Wildman–Crippen MR) is 133 cm³/mol. The lowest BCUT2D eigenvalue weighted by molar-refractivity contribution is -0.115. The van der Waals surface area contributed by atoms with Crippen LogP contribution in [0, 0.1) is 5.92 Å². The lowest BCUT2D eigenvalue weighted by atomic mass is 9.92. The second-order valence-electron chi connectivity index (χ2n) is 9.25. The van der Waals surface area contributed by atoms with Gasteiger partial charge in [-0.25, -0.2) is 17.5 Å². The monoisotopic (exact) mass is 543 g/mol. The number of nitrogens with one attached hydrogen (secondary N) is 1. The van der Waals surface area contributed by atoms with Gasteiger partial charge < -0.3 is 4.74 Å². The number of aromatic nitrogens is 1. The summed E-state index contributed by atoms with van der Waals surface area (Å²) in [6, 6.07) is 1.72. The van der Waals surface area contributed by atoms with Gasteiger partial charge in [-0.2, -0.15) is 0 Å². The van der Waals surface area contributed by atoms with E-state index in [1.54, 1.807) is 12.3 Å². The molecule has 35 heavy (non-hydrogen) atoms. The van der Waals surface area contributed by atoms with Crippen molar-refractivity contribution in [3.63, 3.8) is 0 Å². The minimum absolute atomic E-state index is 0.0250. The summed E-state index contributed by atoms with van der Waals surface area (Å²) in [5, 5.41) is 1.04. The second kappa shape index (κ2) is 10.7. The maximum absolute atomic E-state index is 14.8. The number of hydrogen-bond acceptors (Lipinski definition) is 6. The van der Waals surface area contributed by atoms with Crippen LogP contribution in [-0.4, -0.2) is 56.3 Å². The molecule has 7 nitrogen and oxygen atoms in total. The summed E-state index contributed by atoms with van der Waals surface area (Å²) in [6.07, 6.45) is 8.20. The molecule has 0 spiro atoms. The molecule has 1 N–H and O–H groups in total. The summed E-state index contributed by atoms with van der Waals surface area (Å²) in [5.74, 6) is -1.37. The number of amides is 1. The fourth-order valence-corrected chi connectivity index (χ4v) is 5.40. The molecular weight excluding hydrogens is 516 g/mol. The zero-order chi connectivity index (χ0) is 25.3. The molecule has 190 valence electrons. The SMILES string of the molecule is CC(c1ncc(Cl)cc1Cl)N1CC=C(COC2CC(F)=C(C(=O)NS(C)(=O)=O)C=C2C2CC2)CC1. The fourth-order valence-electron chi connectivity index (χ4n) is 4.42. The molecule has 0 saturated heterocycles. The van der Waals surface area contributed by atoms with Crippen LogP contribution in [0.25, 0.3) is 0 Å². The van der Waals surface area contributed by atoms with Crippen molar-refractivity contribution in [3.8, 4) is 0 Å². The van der Waals surface area contributed by atoms with E-state index in [-0.39, 0.29) is 24.0 Å². The van der Waals surface area contributed by atoms with Crippen LogP contribution in [0.1, 0.15) is 44.3 Å². The Hall–Kier alpha value is -1.78. The van der Waals surface area contributed by atoms with E-state index in [1.807, 2.05) is 4.72 Å². The highest BCUT2D eigenvalue weighted by molar-refractivity contribution is 7.89. The number of pyridine rings is 1. The van der Waals surface area contributed by atoms with Crippen molar-refractivity contribution in [1.82, 2.24) is 14.6 Å². The fraction of sp³-hybridized carbons (Fsp3) is 0.500. The van der Waals surface area contributed by atoms with Crippen LogP contribution < -0.4 is 4.72 Å². The molecular formula is C24H28Cl2FN3O4S. The summed E-state index contributed by atoms with van der Waals surface area (Å²) in [6.45, 7) is 3.94. The quantitative estimate of drug-likeness (QED) is 0.485. The van der Waals surface area contributed by atoms with E-state index in [4.69, 9.17) is 27.9 Å². The van der Waals surface area contributed by atoms with Crippen LogP contribution in [0.5, 0.6) is 0 Å². The first-order valence-corrected chi connectivity index (χ1v) is 14.1. The molecule has 2 unspecified atom stereocenters. The van der Waals surface area contributed by atoms with Gasteiger partial charge in [0.05, 0.1) is 46.3 Å². The lowest BCUT2D eigenvalue weighted by Gasteiger charge is -2.32. The normalized spacial score (nSPS) is 22.5. The minimum Gasteiger partial charge on any atom is -0.369 e. The highest BCUT2D eigenvalue weighted by Gasteiger charge is 2.37. The van der Waals surface area contributed by atoms with E-state index >= 15 is 0 Å². The second-order valence-corrected chi connectivity index (χ2v) is 11.8. The number of rotatable bonds is 8. The summed E-state index contributed by atoms with van der Waals surface area (Å²) in [4.78, 5) is 18.9. The molecule has 1 aromatic rings. The van der Waals surface area contributed by atoms with Gasteiger partial charge in [-0.05, 0) is 55.4 Å². The minimum atomic E-state index is -3.78. The number of carbonyl (C=O) groups excluding carboxylic acids is 1. The smallest absolute Gasteiger partial charge is 0.267 e. The first-order valence-electron chi connectivity index (χ1n) is 11.5. The van der Waals surface area contributed by atoms with Crippen molar-refractivity contribution in [2.45, 2.75) is 44.8 Å². The summed E-state index contributed by atoms with van der Waals surface area (Å²) < 4.78 is 45.5. The van der Waals surface area contributed by atoms with Gasteiger partial charge in [0.15, 0.2) is 0 Å². The van der Waals surface area contributed by atoms with Crippen LogP contribution in [0.3, 0.4) is 0 Å². The van der Waals surface area contributed by atoms with Crippen molar-refractivity contribution >= 4 is 39.1 Å². The van der Waals surface area contributed by atoms with Crippen LogP contribution in [-0.2, 0) is 19.6 Å². The van der Waals surface area contributed by atoms with Crippen LogP contribution in [0.2, 0.25) is 10.0 Å². The van der Waals surface area contributed by atoms with Gasteiger partial charge in [-0.15, -0.1) is 0 Å². The van der Waals surface area contributed by atoms with Gasteiger partial charge >= 0.3 is 0 Å². The van der Waals surface area contributed by atoms with Gasteiger partial charge in [-0.1, -0.05) is 29.3 Å². The molecule has 0 aromatic carbocycles. The topological polar surface area (TPSA) is 88.6 Å². The Morgan fingerprint density at radius 1 is 1.37 bits per heavy atom. The third-order valence-electron chi connectivity index (χ3n) is 6.50. The number of halogens is 3. The number of nitrogens with zero attached hydrogens (tertiary/aromatic N) is 2. The average Bonchev–Trinajstić information content (AvgIpc) is 3.62. The number of hydrogen-bond donors (Lipinski definition) is 1. The Kier molecular flexibility index (Phi) is 8.02. The molecule has 2 aliphatic carbocycles. The molecule has 2 heterocycles. The van der Waals surface area contributed by atoms with E-state index in [0.717, 1.165) is 48.9 Å². The highest BCUT2D eigenvalue weighted by Crippen LogP contribution is 2.43. The Bertz CT molecular complexity index is 1210. The summed E-state index contributed by atoms with van der Waals surface area (Å²) in [7, 11) is -3.78. The predicted octanol–water partition coefficient (Wildman–Crippen LogP) is 4.51. The van der Waals surface area contributed by atoms with Crippen molar-refractivity contribution in [2.24, 2.45) is 5.92 Å². The molecule has 1 aliphatic heterocycles. The molecule has 1 amide bonds. The Morgan fingerprint density at radius 2 is 2.11 bits per heavy atom. The van der Waals surface area contributed by atoms with Crippen molar-refractivity contribution in [1.29, 1.82) is 0 Å².